The molecule has 1 aromatic heterocycles. The highest BCUT2D eigenvalue weighted by Crippen LogP contribution is 2.32. The van der Waals surface area contributed by atoms with Crippen LogP contribution in [-0.4, -0.2) is 24.5 Å². The number of anilines is 2. The van der Waals surface area contributed by atoms with Crippen molar-refractivity contribution in [3.63, 3.8) is 0 Å². The number of sulfonamides is 1. The molecule has 0 radical (unpaired) electrons. The van der Waals surface area contributed by atoms with E-state index in [0.29, 0.717) is 5.56 Å². The fraction of sp³-hybridized carbons (Fsp3) is 0.0625. The molecule has 1 heterocycles. The molecule has 140 valence electrons. The number of nitrogens with zero attached hydrogens (tertiary/aromatic N) is 2. The molecule has 0 aliphatic rings. The molecule has 0 atom stereocenters. The maximum Gasteiger partial charge on any atom is 0.291 e. The van der Waals surface area contributed by atoms with Gasteiger partial charge in [0.05, 0.1) is 15.7 Å². The summed E-state index contributed by atoms with van der Waals surface area (Å²) in [4.78, 5) is 12.3. The summed E-state index contributed by atoms with van der Waals surface area (Å²) >= 11 is 12.6. The van der Waals surface area contributed by atoms with Gasteiger partial charge in [0.15, 0.2) is 0 Å². The lowest BCUT2D eigenvalue weighted by Crippen LogP contribution is -2.13. The van der Waals surface area contributed by atoms with Crippen molar-refractivity contribution in [2.45, 2.75) is 11.3 Å². The van der Waals surface area contributed by atoms with Crippen LogP contribution in [0.4, 0.5) is 10.8 Å². The van der Waals surface area contributed by atoms with E-state index in [-0.39, 0.29) is 25.2 Å². The summed E-state index contributed by atoms with van der Waals surface area (Å²) in [5.74, 6) is -0.404. The number of aryl methyl sites for hydroxylation is 1. The van der Waals surface area contributed by atoms with Gasteiger partial charge in [0, 0.05) is 5.56 Å². The van der Waals surface area contributed by atoms with Gasteiger partial charge in [-0.25, -0.2) is 0 Å². The lowest BCUT2D eigenvalue weighted by molar-refractivity contribution is 0.102. The van der Waals surface area contributed by atoms with Crippen molar-refractivity contribution < 1.29 is 13.2 Å². The summed E-state index contributed by atoms with van der Waals surface area (Å²) in [6, 6.07) is 11.6. The largest absolute Gasteiger partial charge is 0.296 e. The number of rotatable bonds is 5. The minimum absolute atomic E-state index is 0.0563. The molecule has 0 aliphatic heterocycles. The van der Waals surface area contributed by atoms with Gasteiger partial charge in [-0.1, -0.05) is 58.8 Å². The van der Waals surface area contributed by atoms with Gasteiger partial charge in [0.2, 0.25) is 5.13 Å². The van der Waals surface area contributed by atoms with Crippen molar-refractivity contribution in [3.05, 3.63) is 63.6 Å². The molecular weight excluding hydrogens is 431 g/mol. The van der Waals surface area contributed by atoms with Gasteiger partial charge in [-0.05, 0) is 30.7 Å². The van der Waals surface area contributed by atoms with Crippen LogP contribution in [0.15, 0.2) is 46.8 Å². The van der Waals surface area contributed by atoms with Crippen LogP contribution >= 0.6 is 34.5 Å². The van der Waals surface area contributed by atoms with E-state index < -0.39 is 15.9 Å². The van der Waals surface area contributed by atoms with Gasteiger partial charge in [0.1, 0.15) is 0 Å². The number of halogens is 2. The first-order valence-corrected chi connectivity index (χ1v) is 10.5. The Morgan fingerprint density at radius 1 is 1.07 bits per heavy atom. The van der Waals surface area contributed by atoms with Crippen molar-refractivity contribution in [1.29, 1.82) is 0 Å². The number of aromatic nitrogens is 2. The molecule has 2 aromatic carbocycles. The van der Waals surface area contributed by atoms with E-state index >= 15 is 0 Å². The normalized spacial score (nSPS) is 11.2. The first-order valence-electron chi connectivity index (χ1n) is 7.45. The lowest BCUT2D eigenvalue weighted by atomic mass is 10.1. The Bertz CT molecular complexity index is 1120. The number of carbonyl (C=O) groups excluding carboxylic acids is 1. The molecule has 7 nitrogen and oxygen atoms in total. The van der Waals surface area contributed by atoms with Gasteiger partial charge in [-0.2, -0.15) is 8.42 Å². The first kappa shape index (κ1) is 19.6. The van der Waals surface area contributed by atoms with E-state index in [0.717, 1.165) is 16.9 Å². The van der Waals surface area contributed by atoms with Crippen LogP contribution in [-0.2, 0) is 10.0 Å². The Labute approximate surface area is 169 Å². The summed E-state index contributed by atoms with van der Waals surface area (Å²) in [6.45, 7) is 1.80. The molecule has 0 saturated carbocycles. The Balaban J connectivity index is 1.79. The molecule has 27 heavy (non-hydrogen) atoms. The molecule has 0 fully saturated rings. The molecule has 0 aliphatic carbocycles. The fourth-order valence-electron chi connectivity index (χ4n) is 2.13. The maximum absolute atomic E-state index is 12.5. The summed E-state index contributed by atoms with van der Waals surface area (Å²) < 4.78 is 26.9. The minimum Gasteiger partial charge on any atom is -0.296 e. The van der Waals surface area contributed by atoms with Crippen LogP contribution in [0.1, 0.15) is 15.9 Å². The molecule has 0 unspecified atom stereocenters. The standard InChI is InChI=1S/C16H12Cl2N4O3S2/c1-9-5-2-3-6-10(9)14(23)19-15-20-21-16(26-15)27(24,25)22-12-8-4-7-11(17)13(12)18/h2-8,22H,1H3,(H,19,20,23). The molecule has 1 amide bonds. The van der Waals surface area contributed by atoms with Crippen molar-refractivity contribution in [1.82, 2.24) is 10.2 Å². The van der Waals surface area contributed by atoms with Crippen LogP contribution in [0, 0.1) is 6.92 Å². The quantitative estimate of drug-likeness (QED) is 0.576. The summed E-state index contributed by atoms with van der Waals surface area (Å²) in [5, 5.41) is 10.2. The van der Waals surface area contributed by atoms with Crippen molar-refractivity contribution in [2.24, 2.45) is 0 Å². The topological polar surface area (TPSA) is 101 Å². The number of hydrogen-bond donors (Lipinski definition) is 2. The second-order valence-electron chi connectivity index (χ2n) is 5.35. The fourth-order valence-corrected chi connectivity index (χ4v) is 4.50. The van der Waals surface area contributed by atoms with Crippen molar-refractivity contribution >= 4 is 61.3 Å². The molecule has 3 rings (SSSR count). The van der Waals surface area contributed by atoms with Gasteiger partial charge in [-0.3, -0.25) is 14.8 Å². The van der Waals surface area contributed by atoms with Gasteiger partial charge < -0.3 is 0 Å². The van der Waals surface area contributed by atoms with E-state index in [1.807, 2.05) is 6.07 Å². The Morgan fingerprint density at radius 3 is 2.56 bits per heavy atom. The monoisotopic (exact) mass is 442 g/mol. The Hall–Kier alpha value is -2.20. The molecule has 2 N–H and O–H groups in total. The average molecular weight is 443 g/mol. The highest BCUT2D eigenvalue weighted by atomic mass is 35.5. The average Bonchev–Trinajstić information content (AvgIpc) is 3.08. The van der Waals surface area contributed by atoms with E-state index in [1.165, 1.54) is 12.1 Å². The van der Waals surface area contributed by atoms with E-state index in [4.69, 9.17) is 23.2 Å². The predicted octanol–water partition coefficient (Wildman–Crippen LogP) is 4.21. The summed E-state index contributed by atoms with van der Waals surface area (Å²) in [6.07, 6.45) is 0. The molecule has 0 bridgehead atoms. The molecule has 3 aromatic rings. The lowest BCUT2D eigenvalue weighted by Gasteiger charge is -2.07. The summed E-state index contributed by atoms with van der Waals surface area (Å²) in [7, 11) is -4.04. The second-order valence-corrected chi connectivity index (χ2v) is 8.97. The van der Waals surface area contributed by atoms with Crippen LogP contribution in [0.3, 0.4) is 0 Å². The summed E-state index contributed by atoms with van der Waals surface area (Å²) in [5.41, 5.74) is 1.36. The maximum atomic E-state index is 12.5. The van der Waals surface area contributed by atoms with Gasteiger partial charge >= 0.3 is 0 Å². The molecule has 11 heteroatoms. The third-order valence-electron chi connectivity index (χ3n) is 3.44. The van der Waals surface area contributed by atoms with Crippen molar-refractivity contribution in [3.8, 4) is 0 Å². The van der Waals surface area contributed by atoms with Crippen molar-refractivity contribution in [2.75, 3.05) is 10.0 Å². The van der Waals surface area contributed by atoms with E-state index in [2.05, 4.69) is 20.2 Å². The highest BCUT2D eigenvalue weighted by molar-refractivity contribution is 7.94. The minimum atomic E-state index is -4.04. The zero-order valence-electron chi connectivity index (χ0n) is 13.7. The van der Waals surface area contributed by atoms with Crippen LogP contribution in [0.5, 0.6) is 0 Å². The van der Waals surface area contributed by atoms with E-state index in [1.54, 1.807) is 31.2 Å². The number of benzene rings is 2. The number of hydrogen-bond acceptors (Lipinski definition) is 6. The smallest absolute Gasteiger partial charge is 0.291 e. The van der Waals surface area contributed by atoms with E-state index in [9.17, 15) is 13.2 Å². The van der Waals surface area contributed by atoms with Crippen LogP contribution in [0.25, 0.3) is 0 Å². The first-order chi connectivity index (χ1) is 12.8. The van der Waals surface area contributed by atoms with Gasteiger partial charge in [0.25, 0.3) is 20.3 Å². The van der Waals surface area contributed by atoms with Gasteiger partial charge in [-0.15, -0.1) is 10.2 Å². The molecular formula is C16H12Cl2N4O3S2. The van der Waals surface area contributed by atoms with Crippen LogP contribution in [0.2, 0.25) is 10.0 Å². The molecule has 0 saturated heterocycles. The number of carbonyl (C=O) groups is 1. The third-order valence-corrected chi connectivity index (χ3v) is 6.83. The Kier molecular flexibility index (Phi) is 5.66. The Morgan fingerprint density at radius 2 is 1.81 bits per heavy atom. The van der Waals surface area contributed by atoms with Crippen LogP contribution < -0.4 is 10.0 Å². The third kappa shape index (κ3) is 4.38. The zero-order chi connectivity index (χ0) is 19.6. The molecule has 0 spiro atoms. The second kappa shape index (κ2) is 7.81. The zero-order valence-corrected chi connectivity index (χ0v) is 16.9. The highest BCUT2D eigenvalue weighted by Gasteiger charge is 2.23. The predicted molar refractivity (Wildman–Crippen MR) is 106 cm³/mol. The number of amides is 1. The number of nitrogens with one attached hydrogen (secondary N) is 2. The SMILES string of the molecule is Cc1ccccc1C(=O)Nc1nnc(S(=O)(=O)Nc2cccc(Cl)c2Cl)s1.